The molecule has 1 aromatic carbocycles. The summed E-state index contributed by atoms with van der Waals surface area (Å²) in [6, 6.07) is 3.63. The van der Waals surface area contributed by atoms with Crippen LogP contribution < -0.4 is 0 Å². The van der Waals surface area contributed by atoms with Gasteiger partial charge < -0.3 is 9.52 Å². The van der Waals surface area contributed by atoms with E-state index in [2.05, 4.69) is 10.2 Å². The van der Waals surface area contributed by atoms with Crippen molar-refractivity contribution in [2.24, 2.45) is 0 Å². The molecule has 5 heteroatoms. The van der Waals surface area contributed by atoms with Crippen molar-refractivity contribution < 1.29 is 14.3 Å². The van der Waals surface area contributed by atoms with Crippen molar-refractivity contribution in [3.63, 3.8) is 0 Å². The molecule has 0 amide bonds. The van der Waals surface area contributed by atoms with Crippen LogP contribution in [0.3, 0.4) is 0 Å². The van der Waals surface area contributed by atoms with Gasteiger partial charge in [-0.25, -0.2) is 4.79 Å². The summed E-state index contributed by atoms with van der Waals surface area (Å²) in [5, 5.41) is 17.1. The number of aromatic nitrogens is 2. The Bertz CT molecular complexity index is 602. The average Bonchev–Trinajstić information content (AvgIpc) is 2.79. The maximum atomic E-state index is 11.4. The standard InChI is InChI=1S/C13H14N2O3/c1-4-9-14-15-12(18-9)10-7(2)5-6-8(3)11(10)13(16)17/h5-6H,4H2,1-3H3,(H,16,17). The fourth-order valence-corrected chi connectivity index (χ4v) is 1.86. The molecule has 1 heterocycles. The highest BCUT2D eigenvalue weighted by atomic mass is 16.4. The summed E-state index contributed by atoms with van der Waals surface area (Å²) in [4.78, 5) is 11.4. The maximum Gasteiger partial charge on any atom is 0.336 e. The normalized spacial score (nSPS) is 10.6. The van der Waals surface area contributed by atoms with Crippen LogP contribution in [0, 0.1) is 13.8 Å². The van der Waals surface area contributed by atoms with Crippen LogP contribution in [-0.2, 0) is 6.42 Å². The SMILES string of the molecule is CCc1nnc(-c2c(C)ccc(C)c2C(=O)O)o1. The zero-order valence-electron chi connectivity index (χ0n) is 10.5. The molecule has 0 atom stereocenters. The molecular weight excluding hydrogens is 232 g/mol. The van der Waals surface area contributed by atoms with Gasteiger partial charge in [0, 0.05) is 6.42 Å². The molecule has 0 fully saturated rings. The third-order valence-electron chi connectivity index (χ3n) is 2.82. The second-order valence-corrected chi connectivity index (χ2v) is 4.11. The maximum absolute atomic E-state index is 11.4. The molecule has 0 saturated carbocycles. The Kier molecular flexibility index (Phi) is 3.14. The number of carboxylic acid groups (broad SMARTS) is 1. The number of carbonyl (C=O) groups is 1. The highest BCUT2D eigenvalue weighted by molar-refractivity contribution is 5.97. The first-order valence-corrected chi connectivity index (χ1v) is 5.70. The molecule has 0 spiro atoms. The molecule has 5 nitrogen and oxygen atoms in total. The Labute approximate surface area is 104 Å². The van der Waals surface area contributed by atoms with Gasteiger partial charge in [0.05, 0.1) is 11.1 Å². The van der Waals surface area contributed by atoms with Crippen molar-refractivity contribution >= 4 is 5.97 Å². The Morgan fingerprint density at radius 3 is 2.50 bits per heavy atom. The number of carboxylic acids is 1. The molecule has 0 aliphatic heterocycles. The molecule has 1 N–H and O–H groups in total. The molecule has 2 rings (SSSR count). The highest BCUT2D eigenvalue weighted by Crippen LogP contribution is 2.29. The van der Waals surface area contributed by atoms with Crippen molar-refractivity contribution in [1.82, 2.24) is 10.2 Å². The van der Waals surface area contributed by atoms with E-state index in [0.717, 1.165) is 5.56 Å². The van der Waals surface area contributed by atoms with E-state index < -0.39 is 5.97 Å². The van der Waals surface area contributed by atoms with Gasteiger partial charge in [-0.05, 0) is 25.0 Å². The van der Waals surface area contributed by atoms with E-state index in [9.17, 15) is 9.90 Å². The van der Waals surface area contributed by atoms with Gasteiger partial charge in [0.2, 0.25) is 11.8 Å². The Balaban J connectivity index is 2.69. The molecule has 94 valence electrons. The summed E-state index contributed by atoms with van der Waals surface area (Å²) < 4.78 is 5.46. The van der Waals surface area contributed by atoms with Gasteiger partial charge in [-0.15, -0.1) is 10.2 Å². The van der Waals surface area contributed by atoms with Crippen molar-refractivity contribution in [2.45, 2.75) is 27.2 Å². The van der Waals surface area contributed by atoms with E-state index in [1.165, 1.54) is 0 Å². The summed E-state index contributed by atoms with van der Waals surface area (Å²) in [6.45, 7) is 5.49. The minimum Gasteiger partial charge on any atom is -0.478 e. The molecular formula is C13H14N2O3. The second-order valence-electron chi connectivity index (χ2n) is 4.11. The Morgan fingerprint density at radius 1 is 1.28 bits per heavy atom. The van der Waals surface area contributed by atoms with Crippen LogP contribution in [0.5, 0.6) is 0 Å². The van der Waals surface area contributed by atoms with Crippen LogP contribution in [0.15, 0.2) is 16.5 Å². The summed E-state index contributed by atoms with van der Waals surface area (Å²) in [7, 11) is 0. The number of nitrogens with zero attached hydrogens (tertiary/aromatic N) is 2. The molecule has 0 saturated heterocycles. The predicted molar refractivity (Wildman–Crippen MR) is 65.5 cm³/mol. The van der Waals surface area contributed by atoms with Crippen LogP contribution in [0.25, 0.3) is 11.5 Å². The smallest absolute Gasteiger partial charge is 0.336 e. The van der Waals surface area contributed by atoms with Crippen molar-refractivity contribution in [3.05, 3.63) is 34.7 Å². The monoisotopic (exact) mass is 246 g/mol. The fraction of sp³-hybridized carbons (Fsp3) is 0.308. The van der Waals surface area contributed by atoms with Gasteiger partial charge in [-0.3, -0.25) is 0 Å². The summed E-state index contributed by atoms with van der Waals surface area (Å²) >= 11 is 0. The van der Waals surface area contributed by atoms with Gasteiger partial charge in [0.1, 0.15) is 0 Å². The zero-order valence-corrected chi connectivity index (χ0v) is 10.5. The fourth-order valence-electron chi connectivity index (χ4n) is 1.86. The number of aromatic carboxylic acids is 1. The van der Waals surface area contributed by atoms with Gasteiger partial charge >= 0.3 is 5.97 Å². The first-order chi connectivity index (χ1) is 8.54. The van der Waals surface area contributed by atoms with Crippen LogP contribution in [0.4, 0.5) is 0 Å². The minimum absolute atomic E-state index is 0.223. The summed E-state index contributed by atoms with van der Waals surface area (Å²) in [5.41, 5.74) is 2.22. The summed E-state index contributed by atoms with van der Waals surface area (Å²) in [6.07, 6.45) is 0.625. The van der Waals surface area contributed by atoms with Gasteiger partial charge in [-0.2, -0.15) is 0 Å². The van der Waals surface area contributed by atoms with Crippen LogP contribution in [-0.4, -0.2) is 21.3 Å². The topological polar surface area (TPSA) is 76.2 Å². The van der Waals surface area contributed by atoms with Crippen molar-refractivity contribution in [2.75, 3.05) is 0 Å². The molecule has 0 aliphatic carbocycles. The number of rotatable bonds is 3. The highest BCUT2D eigenvalue weighted by Gasteiger charge is 2.21. The number of benzene rings is 1. The molecule has 0 radical (unpaired) electrons. The van der Waals surface area contributed by atoms with Crippen molar-refractivity contribution in [1.29, 1.82) is 0 Å². The van der Waals surface area contributed by atoms with Gasteiger partial charge in [0.25, 0.3) is 0 Å². The predicted octanol–water partition coefficient (Wildman–Crippen LogP) is 2.61. The summed E-state index contributed by atoms with van der Waals surface area (Å²) in [5.74, 6) is -0.213. The van der Waals surface area contributed by atoms with Crippen LogP contribution in [0.2, 0.25) is 0 Å². The second kappa shape index (κ2) is 4.60. The van der Waals surface area contributed by atoms with E-state index in [1.54, 1.807) is 13.0 Å². The third-order valence-corrected chi connectivity index (χ3v) is 2.82. The lowest BCUT2D eigenvalue weighted by Crippen LogP contribution is -2.04. The van der Waals surface area contributed by atoms with Crippen LogP contribution >= 0.6 is 0 Å². The van der Waals surface area contributed by atoms with E-state index in [-0.39, 0.29) is 11.5 Å². The molecule has 18 heavy (non-hydrogen) atoms. The molecule has 0 aliphatic rings. The average molecular weight is 246 g/mol. The largest absolute Gasteiger partial charge is 0.478 e. The first kappa shape index (κ1) is 12.3. The molecule has 0 unspecified atom stereocenters. The zero-order chi connectivity index (χ0) is 13.3. The van der Waals surface area contributed by atoms with Gasteiger partial charge in [0.15, 0.2) is 0 Å². The number of aryl methyl sites for hydroxylation is 3. The van der Waals surface area contributed by atoms with E-state index >= 15 is 0 Å². The first-order valence-electron chi connectivity index (χ1n) is 5.70. The lowest BCUT2D eigenvalue weighted by molar-refractivity contribution is 0.0696. The quantitative estimate of drug-likeness (QED) is 0.900. The van der Waals surface area contributed by atoms with E-state index in [4.69, 9.17) is 4.42 Å². The van der Waals surface area contributed by atoms with E-state index in [1.807, 2.05) is 19.9 Å². The van der Waals surface area contributed by atoms with Gasteiger partial charge in [-0.1, -0.05) is 19.1 Å². The minimum atomic E-state index is -0.984. The van der Waals surface area contributed by atoms with Crippen molar-refractivity contribution in [3.8, 4) is 11.5 Å². The number of hydrogen-bond donors (Lipinski definition) is 1. The molecule has 0 bridgehead atoms. The van der Waals surface area contributed by atoms with E-state index in [0.29, 0.717) is 23.4 Å². The van der Waals surface area contributed by atoms with Crippen LogP contribution in [0.1, 0.15) is 34.3 Å². The third kappa shape index (κ3) is 1.99. The number of hydrogen-bond acceptors (Lipinski definition) is 4. The Morgan fingerprint density at radius 2 is 1.94 bits per heavy atom. The Hall–Kier alpha value is -2.17. The molecule has 1 aromatic heterocycles. The lowest BCUT2D eigenvalue weighted by atomic mass is 9.97. The lowest BCUT2D eigenvalue weighted by Gasteiger charge is -2.08. The molecule has 2 aromatic rings.